The van der Waals surface area contributed by atoms with Gasteiger partial charge >= 0.3 is 0 Å². The summed E-state index contributed by atoms with van der Waals surface area (Å²) in [5.74, 6) is 0.467. The van der Waals surface area contributed by atoms with Crippen LogP contribution in [0.2, 0.25) is 0 Å². The van der Waals surface area contributed by atoms with Crippen LogP contribution < -0.4 is 5.32 Å². The molecule has 19 heavy (non-hydrogen) atoms. The molecule has 4 heteroatoms. The molecule has 1 heterocycles. The third-order valence-electron chi connectivity index (χ3n) is 3.42. The Balaban J connectivity index is 2.43. The lowest BCUT2D eigenvalue weighted by atomic mass is 9.99. The van der Waals surface area contributed by atoms with Crippen LogP contribution in [-0.2, 0) is 0 Å². The Morgan fingerprint density at radius 1 is 1.26 bits per heavy atom. The molecular weight excluding hydrogens is 302 g/mol. The fraction of sp³-hybridized carbons (Fsp3) is 0.400. The summed E-state index contributed by atoms with van der Waals surface area (Å²) < 4.78 is 3.12. The van der Waals surface area contributed by atoms with Crippen molar-refractivity contribution < 1.29 is 0 Å². The van der Waals surface area contributed by atoms with E-state index in [0.717, 1.165) is 22.4 Å². The lowest BCUT2D eigenvalue weighted by Gasteiger charge is -2.12. The van der Waals surface area contributed by atoms with Crippen molar-refractivity contribution in [1.29, 1.82) is 0 Å². The van der Waals surface area contributed by atoms with Gasteiger partial charge in [0.1, 0.15) is 0 Å². The minimum atomic E-state index is 0.467. The van der Waals surface area contributed by atoms with Crippen LogP contribution in [-0.4, -0.2) is 23.4 Å². The summed E-state index contributed by atoms with van der Waals surface area (Å²) in [7, 11) is 1.99. The van der Waals surface area contributed by atoms with Gasteiger partial charge < -0.3 is 5.32 Å². The SMILES string of the molecule is CNCC(C)c1c(C)nn(-c2ccc(Br)cc2)c1C. The summed E-state index contributed by atoms with van der Waals surface area (Å²) in [6.45, 7) is 7.43. The fourth-order valence-corrected chi connectivity index (χ4v) is 2.87. The predicted octanol–water partition coefficient (Wildman–Crippen LogP) is 3.57. The number of nitrogens with zero attached hydrogens (tertiary/aromatic N) is 2. The van der Waals surface area contributed by atoms with Crippen LogP contribution >= 0.6 is 15.9 Å². The second-order valence-electron chi connectivity index (χ2n) is 4.93. The Bertz CT molecular complexity index is 558. The molecule has 3 nitrogen and oxygen atoms in total. The number of aryl methyl sites for hydroxylation is 1. The molecule has 0 bridgehead atoms. The largest absolute Gasteiger partial charge is 0.319 e. The van der Waals surface area contributed by atoms with Gasteiger partial charge in [0, 0.05) is 22.3 Å². The maximum atomic E-state index is 4.69. The van der Waals surface area contributed by atoms with Gasteiger partial charge in [-0.05, 0) is 51.1 Å². The maximum Gasteiger partial charge on any atom is 0.0649 e. The molecule has 1 atom stereocenters. The molecule has 2 rings (SSSR count). The van der Waals surface area contributed by atoms with Crippen molar-refractivity contribution in [2.45, 2.75) is 26.7 Å². The number of hydrogen-bond acceptors (Lipinski definition) is 2. The maximum absolute atomic E-state index is 4.69. The van der Waals surface area contributed by atoms with E-state index in [9.17, 15) is 0 Å². The lowest BCUT2D eigenvalue weighted by molar-refractivity contribution is 0.670. The molecule has 0 amide bonds. The Morgan fingerprint density at radius 3 is 2.47 bits per heavy atom. The highest BCUT2D eigenvalue weighted by atomic mass is 79.9. The zero-order valence-corrected chi connectivity index (χ0v) is 13.5. The number of aromatic nitrogens is 2. The van der Waals surface area contributed by atoms with Crippen LogP contribution in [0.1, 0.15) is 29.8 Å². The Hall–Kier alpha value is -1.13. The van der Waals surface area contributed by atoms with Crippen molar-refractivity contribution in [3.63, 3.8) is 0 Å². The molecule has 0 fully saturated rings. The van der Waals surface area contributed by atoms with Gasteiger partial charge in [-0.1, -0.05) is 22.9 Å². The molecule has 0 aliphatic rings. The van der Waals surface area contributed by atoms with Gasteiger partial charge in [-0.2, -0.15) is 5.10 Å². The molecule has 1 N–H and O–H groups in total. The van der Waals surface area contributed by atoms with Gasteiger partial charge in [0.05, 0.1) is 11.4 Å². The summed E-state index contributed by atoms with van der Waals surface area (Å²) in [6.07, 6.45) is 0. The summed E-state index contributed by atoms with van der Waals surface area (Å²) in [4.78, 5) is 0. The van der Waals surface area contributed by atoms with Crippen LogP contribution in [0.4, 0.5) is 0 Å². The van der Waals surface area contributed by atoms with Crippen molar-refractivity contribution in [2.24, 2.45) is 0 Å². The minimum Gasteiger partial charge on any atom is -0.319 e. The molecule has 0 aliphatic carbocycles. The average Bonchev–Trinajstić information content (AvgIpc) is 2.66. The monoisotopic (exact) mass is 321 g/mol. The lowest BCUT2D eigenvalue weighted by Crippen LogP contribution is -2.15. The zero-order valence-electron chi connectivity index (χ0n) is 11.9. The van der Waals surface area contributed by atoms with Crippen molar-refractivity contribution in [1.82, 2.24) is 15.1 Å². The van der Waals surface area contributed by atoms with E-state index in [1.807, 2.05) is 23.9 Å². The molecule has 0 spiro atoms. The highest BCUT2D eigenvalue weighted by Crippen LogP contribution is 2.25. The van der Waals surface area contributed by atoms with Gasteiger partial charge in [0.2, 0.25) is 0 Å². The Morgan fingerprint density at radius 2 is 1.89 bits per heavy atom. The quantitative estimate of drug-likeness (QED) is 0.932. The van der Waals surface area contributed by atoms with Crippen LogP contribution in [0.3, 0.4) is 0 Å². The molecule has 0 radical (unpaired) electrons. The van der Waals surface area contributed by atoms with Gasteiger partial charge in [0.15, 0.2) is 0 Å². The smallest absolute Gasteiger partial charge is 0.0649 e. The van der Waals surface area contributed by atoms with E-state index in [2.05, 4.69) is 59.2 Å². The van der Waals surface area contributed by atoms with E-state index in [-0.39, 0.29) is 0 Å². The summed E-state index contributed by atoms with van der Waals surface area (Å²) in [6, 6.07) is 8.25. The van der Waals surface area contributed by atoms with E-state index in [1.165, 1.54) is 11.3 Å². The highest BCUT2D eigenvalue weighted by molar-refractivity contribution is 9.10. The van der Waals surface area contributed by atoms with Crippen LogP contribution in [0.15, 0.2) is 28.7 Å². The number of halogens is 1. The standard InChI is InChI=1S/C15H20BrN3/c1-10(9-17-4)15-11(2)18-19(12(15)3)14-7-5-13(16)6-8-14/h5-8,10,17H,9H2,1-4H3. The molecule has 1 unspecified atom stereocenters. The van der Waals surface area contributed by atoms with Crippen molar-refractivity contribution >= 4 is 15.9 Å². The van der Waals surface area contributed by atoms with Gasteiger partial charge in [-0.25, -0.2) is 4.68 Å². The van der Waals surface area contributed by atoms with Crippen molar-refractivity contribution in [3.05, 3.63) is 45.7 Å². The average molecular weight is 322 g/mol. The van der Waals surface area contributed by atoms with Crippen molar-refractivity contribution in [3.8, 4) is 5.69 Å². The number of hydrogen-bond donors (Lipinski definition) is 1. The van der Waals surface area contributed by atoms with Crippen molar-refractivity contribution in [2.75, 3.05) is 13.6 Å². The fourth-order valence-electron chi connectivity index (χ4n) is 2.61. The van der Waals surface area contributed by atoms with Gasteiger partial charge in [-0.15, -0.1) is 0 Å². The number of nitrogens with one attached hydrogen (secondary N) is 1. The number of benzene rings is 1. The van der Waals surface area contributed by atoms with Crippen LogP contribution in [0, 0.1) is 13.8 Å². The summed E-state index contributed by atoms with van der Waals surface area (Å²) >= 11 is 3.46. The molecule has 0 aliphatic heterocycles. The minimum absolute atomic E-state index is 0.467. The first-order valence-electron chi connectivity index (χ1n) is 6.51. The van der Waals surface area contributed by atoms with Crippen LogP contribution in [0.5, 0.6) is 0 Å². The van der Waals surface area contributed by atoms with E-state index in [0.29, 0.717) is 5.92 Å². The molecule has 0 saturated carbocycles. The van der Waals surface area contributed by atoms with Gasteiger partial charge in [0.25, 0.3) is 0 Å². The molecule has 0 saturated heterocycles. The van der Waals surface area contributed by atoms with E-state index in [4.69, 9.17) is 0 Å². The Labute approximate surface area is 123 Å². The molecule has 1 aromatic heterocycles. The molecular formula is C15H20BrN3. The van der Waals surface area contributed by atoms with E-state index in [1.54, 1.807) is 0 Å². The third kappa shape index (κ3) is 2.90. The normalized spacial score (nSPS) is 12.7. The number of likely N-dealkylation sites (N-methyl/N-ethyl adjacent to an activating group) is 1. The first-order valence-corrected chi connectivity index (χ1v) is 7.30. The summed E-state index contributed by atoms with van der Waals surface area (Å²) in [5.41, 5.74) is 4.79. The first-order chi connectivity index (χ1) is 9.04. The van der Waals surface area contributed by atoms with Gasteiger partial charge in [-0.3, -0.25) is 0 Å². The van der Waals surface area contributed by atoms with Crippen LogP contribution in [0.25, 0.3) is 5.69 Å². The second kappa shape index (κ2) is 5.88. The highest BCUT2D eigenvalue weighted by Gasteiger charge is 2.17. The summed E-state index contributed by atoms with van der Waals surface area (Å²) in [5, 5.41) is 7.92. The molecule has 102 valence electrons. The predicted molar refractivity (Wildman–Crippen MR) is 83.1 cm³/mol. The topological polar surface area (TPSA) is 29.9 Å². The third-order valence-corrected chi connectivity index (χ3v) is 3.95. The zero-order chi connectivity index (χ0) is 14.0. The second-order valence-corrected chi connectivity index (χ2v) is 5.85. The molecule has 2 aromatic rings. The number of rotatable bonds is 4. The Kier molecular flexibility index (Phi) is 4.42. The van der Waals surface area contributed by atoms with E-state index < -0.39 is 0 Å². The first kappa shape index (κ1) is 14.3. The molecule has 1 aromatic carbocycles. The van der Waals surface area contributed by atoms with E-state index >= 15 is 0 Å².